The third-order valence-corrected chi connectivity index (χ3v) is 4.93. The van der Waals surface area contributed by atoms with Crippen molar-refractivity contribution in [2.24, 2.45) is 0 Å². The number of hydrogen-bond acceptors (Lipinski definition) is 5. The molecule has 1 unspecified atom stereocenters. The fourth-order valence-corrected chi connectivity index (χ4v) is 3.47. The van der Waals surface area contributed by atoms with Gasteiger partial charge in [-0.05, 0) is 67.1 Å². The van der Waals surface area contributed by atoms with Gasteiger partial charge in [0.1, 0.15) is 17.5 Å². The standard InChI is InChI=1S/C23H21N3O4/c27-22(25-29)16-6-8-17(9-7-16)26(21-14-15-24-23(21)28)18-10-12-20(13-11-18)30-19-4-2-1-3-5-19/h1-13,21,29H,14-15H2,(H,24,28)(H,25,27). The van der Waals surface area contributed by atoms with Crippen molar-refractivity contribution in [1.29, 1.82) is 0 Å². The molecule has 1 aliphatic heterocycles. The normalized spacial score (nSPS) is 15.4. The maximum absolute atomic E-state index is 12.4. The summed E-state index contributed by atoms with van der Waals surface area (Å²) in [6.07, 6.45) is 0.667. The van der Waals surface area contributed by atoms with Gasteiger partial charge in [-0.1, -0.05) is 18.2 Å². The number of amides is 2. The molecule has 3 aromatic carbocycles. The predicted molar refractivity (Wildman–Crippen MR) is 112 cm³/mol. The lowest BCUT2D eigenvalue weighted by atomic mass is 10.1. The molecule has 0 aromatic heterocycles. The zero-order valence-electron chi connectivity index (χ0n) is 16.1. The van der Waals surface area contributed by atoms with Crippen LogP contribution in [0.25, 0.3) is 0 Å². The van der Waals surface area contributed by atoms with Crippen molar-refractivity contribution in [3.63, 3.8) is 0 Å². The molecular formula is C23H21N3O4. The Labute approximate surface area is 173 Å². The van der Waals surface area contributed by atoms with E-state index in [-0.39, 0.29) is 11.9 Å². The van der Waals surface area contributed by atoms with Gasteiger partial charge in [0.15, 0.2) is 0 Å². The van der Waals surface area contributed by atoms with Crippen molar-refractivity contribution in [1.82, 2.24) is 10.8 Å². The summed E-state index contributed by atoms with van der Waals surface area (Å²) < 4.78 is 5.85. The summed E-state index contributed by atoms with van der Waals surface area (Å²) >= 11 is 0. The van der Waals surface area contributed by atoms with Crippen molar-refractivity contribution in [3.05, 3.63) is 84.4 Å². The summed E-state index contributed by atoms with van der Waals surface area (Å²) in [5.74, 6) is 0.802. The largest absolute Gasteiger partial charge is 0.457 e. The predicted octanol–water partition coefficient (Wildman–Crippen LogP) is 3.62. The third-order valence-electron chi connectivity index (χ3n) is 4.93. The van der Waals surface area contributed by atoms with Gasteiger partial charge in [0, 0.05) is 23.5 Å². The Hall–Kier alpha value is -3.84. The lowest BCUT2D eigenvalue weighted by Gasteiger charge is -2.29. The monoisotopic (exact) mass is 403 g/mol. The number of rotatable bonds is 6. The van der Waals surface area contributed by atoms with Gasteiger partial charge in [0.05, 0.1) is 0 Å². The number of nitrogens with zero attached hydrogens (tertiary/aromatic N) is 1. The molecule has 1 atom stereocenters. The average Bonchev–Trinajstić information content (AvgIpc) is 3.21. The minimum Gasteiger partial charge on any atom is -0.457 e. The molecule has 4 rings (SSSR count). The van der Waals surface area contributed by atoms with E-state index in [4.69, 9.17) is 9.94 Å². The number of ether oxygens (including phenoxy) is 1. The zero-order valence-corrected chi connectivity index (χ0v) is 16.1. The van der Waals surface area contributed by atoms with Crippen molar-refractivity contribution in [2.75, 3.05) is 11.4 Å². The van der Waals surface area contributed by atoms with E-state index in [9.17, 15) is 9.59 Å². The molecule has 1 aliphatic rings. The van der Waals surface area contributed by atoms with Crippen molar-refractivity contribution in [3.8, 4) is 11.5 Å². The van der Waals surface area contributed by atoms with Crippen LogP contribution >= 0.6 is 0 Å². The van der Waals surface area contributed by atoms with Crippen molar-refractivity contribution in [2.45, 2.75) is 12.5 Å². The summed E-state index contributed by atoms with van der Waals surface area (Å²) in [7, 11) is 0. The van der Waals surface area contributed by atoms with Crippen LogP contribution in [0.1, 0.15) is 16.8 Å². The number of hydrogen-bond donors (Lipinski definition) is 3. The zero-order chi connectivity index (χ0) is 20.9. The summed E-state index contributed by atoms with van der Waals surface area (Å²) in [4.78, 5) is 26.0. The number of para-hydroxylation sites is 1. The minimum atomic E-state index is -0.589. The number of carbonyl (C=O) groups excluding carboxylic acids is 2. The lowest BCUT2D eigenvalue weighted by molar-refractivity contribution is -0.120. The first kappa shape index (κ1) is 19.5. The molecule has 0 bridgehead atoms. The van der Waals surface area contributed by atoms with Crippen LogP contribution in [0.4, 0.5) is 11.4 Å². The third kappa shape index (κ3) is 4.11. The molecule has 1 fully saturated rings. The topological polar surface area (TPSA) is 90.9 Å². The average molecular weight is 403 g/mol. The van der Waals surface area contributed by atoms with Crippen LogP contribution in [-0.4, -0.2) is 29.6 Å². The van der Waals surface area contributed by atoms with E-state index in [0.717, 1.165) is 17.1 Å². The highest BCUT2D eigenvalue weighted by molar-refractivity contribution is 5.94. The Kier molecular flexibility index (Phi) is 5.63. The second-order valence-corrected chi connectivity index (χ2v) is 6.86. The molecule has 0 spiro atoms. The van der Waals surface area contributed by atoms with Crippen LogP contribution in [-0.2, 0) is 4.79 Å². The summed E-state index contributed by atoms with van der Waals surface area (Å²) in [6.45, 7) is 0.611. The van der Waals surface area contributed by atoms with Crippen LogP contribution in [0.2, 0.25) is 0 Å². The highest BCUT2D eigenvalue weighted by atomic mass is 16.5. The van der Waals surface area contributed by atoms with E-state index in [1.807, 2.05) is 59.5 Å². The Morgan fingerprint density at radius 3 is 2.10 bits per heavy atom. The van der Waals surface area contributed by atoms with Crippen LogP contribution < -0.4 is 20.4 Å². The lowest BCUT2D eigenvalue weighted by Crippen LogP contribution is -2.37. The fraction of sp³-hybridized carbons (Fsp3) is 0.130. The van der Waals surface area contributed by atoms with E-state index in [2.05, 4.69) is 5.32 Å². The Morgan fingerprint density at radius 2 is 1.53 bits per heavy atom. The van der Waals surface area contributed by atoms with Crippen LogP contribution in [0.15, 0.2) is 78.9 Å². The van der Waals surface area contributed by atoms with Gasteiger partial charge in [-0.2, -0.15) is 0 Å². The van der Waals surface area contributed by atoms with Gasteiger partial charge < -0.3 is 15.0 Å². The van der Waals surface area contributed by atoms with Crippen LogP contribution in [0, 0.1) is 0 Å². The molecule has 7 heteroatoms. The van der Waals surface area contributed by atoms with E-state index in [1.165, 1.54) is 0 Å². The SMILES string of the molecule is O=C(NO)c1ccc(N(c2ccc(Oc3ccccc3)cc2)C2CCNC2=O)cc1. The second-order valence-electron chi connectivity index (χ2n) is 6.86. The fourth-order valence-electron chi connectivity index (χ4n) is 3.47. The molecule has 0 aliphatic carbocycles. The van der Waals surface area contributed by atoms with Gasteiger partial charge >= 0.3 is 0 Å². The first-order chi connectivity index (χ1) is 14.7. The van der Waals surface area contributed by atoms with Gasteiger partial charge in [-0.15, -0.1) is 0 Å². The smallest absolute Gasteiger partial charge is 0.274 e. The van der Waals surface area contributed by atoms with Gasteiger partial charge in [-0.25, -0.2) is 5.48 Å². The van der Waals surface area contributed by atoms with E-state index >= 15 is 0 Å². The molecule has 0 saturated carbocycles. The van der Waals surface area contributed by atoms with Crippen LogP contribution in [0.5, 0.6) is 11.5 Å². The Balaban J connectivity index is 1.63. The van der Waals surface area contributed by atoms with Crippen LogP contribution in [0.3, 0.4) is 0 Å². The molecule has 1 heterocycles. The molecule has 30 heavy (non-hydrogen) atoms. The molecule has 2 amide bonds. The number of carbonyl (C=O) groups is 2. The van der Waals surface area contributed by atoms with Gasteiger partial charge in [0.2, 0.25) is 5.91 Å². The Bertz CT molecular complexity index is 1020. The molecule has 3 aromatic rings. The molecule has 7 nitrogen and oxygen atoms in total. The number of nitrogens with one attached hydrogen (secondary N) is 2. The molecule has 0 radical (unpaired) electrons. The summed E-state index contributed by atoms with van der Waals surface area (Å²) in [6, 6.07) is 23.4. The first-order valence-corrected chi connectivity index (χ1v) is 9.60. The van der Waals surface area contributed by atoms with E-state index < -0.39 is 5.91 Å². The number of anilines is 2. The Morgan fingerprint density at radius 1 is 0.933 bits per heavy atom. The highest BCUT2D eigenvalue weighted by Crippen LogP contribution is 2.33. The van der Waals surface area contributed by atoms with E-state index in [1.54, 1.807) is 29.7 Å². The molecular weight excluding hydrogens is 382 g/mol. The second kappa shape index (κ2) is 8.67. The van der Waals surface area contributed by atoms with Crippen molar-refractivity contribution >= 4 is 23.2 Å². The molecule has 3 N–H and O–H groups in total. The molecule has 1 saturated heterocycles. The van der Waals surface area contributed by atoms with E-state index in [0.29, 0.717) is 24.3 Å². The number of hydroxylamine groups is 1. The molecule has 152 valence electrons. The van der Waals surface area contributed by atoms with Gasteiger partial charge in [0.25, 0.3) is 5.91 Å². The maximum atomic E-state index is 12.4. The minimum absolute atomic E-state index is 0.0446. The maximum Gasteiger partial charge on any atom is 0.274 e. The number of benzene rings is 3. The quantitative estimate of drug-likeness (QED) is 0.432. The first-order valence-electron chi connectivity index (χ1n) is 9.60. The summed E-state index contributed by atoms with van der Waals surface area (Å²) in [5, 5.41) is 11.7. The van der Waals surface area contributed by atoms with Crippen molar-refractivity contribution < 1.29 is 19.5 Å². The highest BCUT2D eigenvalue weighted by Gasteiger charge is 2.31. The van der Waals surface area contributed by atoms with Gasteiger partial charge in [-0.3, -0.25) is 14.8 Å². The summed E-state index contributed by atoms with van der Waals surface area (Å²) in [5.41, 5.74) is 3.54.